The number of benzene rings is 1. The highest BCUT2D eigenvalue weighted by molar-refractivity contribution is 5.94. The van der Waals surface area contributed by atoms with E-state index in [0.29, 0.717) is 12.3 Å². The van der Waals surface area contributed by atoms with Crippen LogP contribution in [0.4, 0.5) is 0 Å². The molecule has 1 aliphatic heterocycles. The molecule has 3 N–H and O–H groups in total. The van der Waals surface area contributed by atoms with Gasteiger partial charge in [-0.1, -0.05) is 24.3 Å². The van der Waals surface area contributed by atoms with Crippen molar-refractivity contribution in [1.82, 2.24) is 10.3 Å². The van der Waals surface area contributed by atoms with E-state index in [1.54, 1.807) is 6.07 Å². The van der Waals surface area contributed by atoms with E-state index in [-0.39, 0.29) is 25.0 Å². The fraction of sp³-hybridized carbons (Fsp3) is 0.375. The summed E-state index contributed by atoms with van der Waals surface area (Å²) < 4.78 is 5.18. The quantitative estimate of drug-likeness (QED) is 0.760. The van der Waals surface area contributed by atoms with E-state index in [2.05, 4.69) is 10.3 Å². The highest BCUT2D eigenvalue weighted by atomic mass is 16.5. The van der Waals surface area contributed by atoms with Gasteiger partial charge >= 0.3 is 0 Å². The van der Waals surface area contributed by atoms with Crippen molar-refractivity contribution in [1.29, 1.82) is 0 Å². The van der Waals surface area contributed by atoms with E-state index in [9.17, 15) is 15.0 Å². The molecule has 1 amide bonds. The van der Waals surface area contributed by atoms with Gasteiger partial charge in [0.2, 0.25) is 0 Å². The van der Waals surface area contributed by atoms with Crippen LogP contribution in [0.1, 0.15) is 10.5 Å². The molecule has 1 aromatic heterocycles. The van der Waals surface area contributed by atoms with Crippen LogP contribution in [-0.4, -0.2) is 53.1 Å². The second-order valence-electron chi connectivity index (χ2n) is 5.45. The number of amides is 1. The van der Waals surface area contributed by atoms with Gasteiger partial charge in [-0.2, -0.15) is 0 Å². The highest BCUT2D eigenvalue weighted by Crippen LogP contribution is 2.15. The van der Waals surface area contributed by atoms with Crippen molar-refractivity contribution in [2.45, 2.75) is 12.2 Å². The third-order valence-electron chi connectivity index (χ3n) is 3.85. The van der Waals surface area contributed by atoms with Gasteiger partial charge in [0.25, 0.3) is 5.91 Å². The Morgan fingerprint density at radius 1 is 1.23 bits per heavy atom. The second kappa shape index (κ2) is 6.39. The number of rotatable bonds is 3. The molecule has 2 aromatic rings. The largest absolute Gasteiger partial charge is 0.390 e. The number of fused-ring (bicyclic) bond motifs is 1. The van der Waals surface area contributed by atoms with Gasteiger partial charge in [-0.25, -0.2) is 4.98 Å². The number of aliphatic hydroxyl groups excluding tert-OH is 2. The summed E-state index contributed by atoms with van der Waals surface area (Å²) in [6, 6.07) is 11.1. The maximum atomic E-state index is 12.2. The molecule has 0 saturated carbocycles. The number of pyridine rings is 1. The predicted octanol–water partition coefficient (Wildman–Crippen LogP) is 0.333. The SMILES string of the molecule is O=C(NC[C@@H]1COC[C@@H](O)[C@H]1O)c1ccc2ccccc2n1. The molecule has 3 atom stereocenters. The van der Waals surface area contributed by atoms with Crippen molar-refractivity contribution in [2.75, 3.05) is 19.8 Å². The van der Waals surface area contributed by atoms with Crippen molar-refractivity contribution in [2.24, 2.45) is 5.92 Å². The highest BCUT2D eigenvalue weighted by Gasteiger charge is 2.31. The van der Waals surface area contributed by atoms with Gasteiger partial charge in [0.15, 0.2) is 0 Å². The average molecular weight is 302 g/mol. The van der Waals surface area contributed by atoms with Crippen LogP contribution in [0.25, 0.3) is 10.9 Å². The molecule has 6 heteroatoms. The number of ether oxygens (including phenoxy) is 1. The maximum absolute atomic E-state index is 12.2. The lowest BCUT2D eigenvalue weighted by Gasteiger charge is -2.31. The Hall–Kier alpha value is -2.02. The van der Waals surface area contributed by atoms with Crippen molar-refractivity contribution in [3.63, 3.8) is 0 Å². The van der Waals surface area contributed by atoms with Crippen LogP contribution in [-0.2, 0) is 4.74 Å². The molecule has 0 bridgehead atoms. The number of aromatic nitrogens is 1. The molecule has 1 saturated heterocycles. The minimum atomic E-state index is -0.908. The van der Waals surface area contributed by atoms with Crippen LogP contribution in [0.3, 0.4) is 0 Å². The molecule has 0 radical (unpaired) electrons. The molecule has 3 rings (SSSR count). The molecule has 1 fully saturated rings. The van der Waals surface area contributed by atoms with Crippen molar-refractivity contribution in [3.05, 3.63) is 42.1 Å². The number of aliphatic hydroxyl groups is 2. The molecule has 6 nitrogen and oxygen atoms in total. The minimum Gasteiger partial charge on any atom is -0.390 e. The lowest BCUT2D eigenvalue weighted by Crippen LogP contribution is -2.48. The van der Waals surface area contributed by atoms with Gasteiger partial charge in [-0.3, -0.25) is 4.79 Å². The summed E-state index contributed by atoms with van der Waals surface area (Å²) in [7, 11) is 0. The smallest absolute Gasteiger partial charge is 0.269 e. The fourth-order valence-corrected chi connectivity index (χ4v) is 2.54. The van der Waals surface area contributed by atoms with Gasteiger partial charge in [0.05, 0.1) is 24.8 Å². The number of hydrogen-bond donors (Lipinski definition) is 3. The van der Waals surface area contributed by atoms with Gasteiger partial charge in [-0.05, 0) is 12.1 Å². The first-order valence-electron chi connectivity index (χ1n) is 7.23. The summed E-state index contributed by atoms with van der Waals surface area (Å²) in [5.74, 6) is -0.633. The number of hydrogen-bond acceptors (Lipinski definition) is 5. The summed E-state index contributed by atoms with van der Waals surface area (Å²) in [6.45, 7) is 0.660. The third-order valence-corrected chi connectivity index (χ3v) is 3.85. The molecular weight excluding hydrogens is 284 g/mol. The van der Waals surface area contributed by atoms with E-state index in [0.717, 1.165) is 10.9 Å². The minimum absolute atomic E-state index is 0.123. The van der Waals surface area contributed by atoms with Crippen molar-refractivity contribution < 1.29 is 19.7 Å². The molecule has 2 heterocycles. The van der Waals surface area contributed by atoms with Gasteiger partial charge in [0.1, 0.15) is 11.8 Å². The Kier molecular flexibility index (Phi) is 4.33. The molecule has 1 aromatic carbocycles. The van der Waals surface area contributed by atoms with Crippen LogP contribution in [0.2, 0.25) is 0 Å². The molecular formula is C16H18N2O4. The molecule has 116 valence electrons. The van der Waals surface area contributed by atoms with Crippen LogP contribution in [0.5, 0.6) is 0 Å². The maximum Gasteiger partial charge on any atom is 0.269 e. The zero-order valence-electron chi connectivity index (χ0n) is 12.0. The Morgan fingerprint density at radius 2 is 2.05 bits per heavy atom. The number of nitrogens with zero attached hydrogens (tertiary/aromatic N) is 1. The van der Waals surface area contributed by atoms with E-state index in [1.165, 1.54) is 0 Å². The fourth-order valence-electron chi connectivity index (χ4n) is 2.54. The van der Waals surface area contributed by atoms with Crippen LogP contribution in [0, 0.1) is 5.92 Å². The lowest BCUT2D eigenvalue weighted by molar-refractivity contribution is -0.118. The van der Waals surface area contributed by atoms with E-state index < -0.39 is 12.2 Å². The van der Waals surface area contributed by atoms with Crippen molar-refractivity contribution >= 4 is 16.8 Å². The third kappa shape index (κ3) is 3.09. The zero-order valence-corrected chi connectivity index (χ0v) is 12.0. The van der Waals surface area contributed by atoms with Crippen LogP contribution < -0.4 is 5.32 Å². The summed E-state index contributed by atoms with van der Waals surface area (Å²) in [5, 5.41) is 23.1. The molecule has 0 spiro atoms. The summed E-state index contributed by atoms with van der Waals surface area (Å²) in [6.07, 6.45) is -1.80. The monoisotopic (exact) mass is 302 g/mol. The number of carbonyl (C=O) groups is 1. The Labute approximate surface area is 127 Å². The van der Waals surface area contributed by atoms with Gasteiger partial charge < -0.3 is 20.3 Å². The summed E-state index contributed by atoms with van der Waals surface area (Å²) in [4.78, 5) is 16.5. The number of carbonyl (C=O) groups excluding carboxylic acids is 1. The number of para-hydroxylation sites is 1. The zero-order chi connectivity index (χ0) is 15.5. The second-order valence-corrected chi connectivity index (χ2v) is 5.45. The van der Waals surface area contributed by atoms with Gasteiger partial charge in [0, 0.05) is 17.8 Å². The first-order chi connectivity index (χ1) is 10.6. The van der Waals surface area contributed by atoms with E-state index >= 15 is 0 Å². The molecule has 22 heavy (non-hydrogen) atoms. The van der Waals surface area contributed by atoms with Gasteiger partial charge in [-0.15, -0.1) is 0 Å². The normalized spacial score (nSPS) is 25.1. The van der Waals surface area contributed by atoms with Crippen LogP contribution in [0.15, 0.2) is 36.4 Å². The first kappa shape index (κ1) is 14.9. The topological polar surface area (TPSA) is 91.7 Å². The average Bonchev–Trinajstić information content (AvgIpc) is 2.55. The Balaban J connectivity index is 1.65. The molecule has 0 aliphatic carbocycles. The van der Waals surface area contributed by atoms with Crippen molar-refractivity contribution in [3.8, 4) is 0 Å². The standard InChI is InChI=1S/C16H18N2O4/c19-14-9-22-8-11(15(14)20)7-17-16(21)13-6-5-10-3-1-2-4-12(10)18-13/h1-6,11,14-15,19-20H,7-9H2,(H,17,21)/t11-,14-,15+/m1/s1. The lowest BCUT2D eigenvalue weighted by atomic mass is 9.96. The van der Waals surface area contributed by atoms with Crippen LogP contribution >= 0.6 is 0 Å². The van der Waals surface area contributed by atoms with E-state index in [4.69, 9.17) is 4.74 Å². The Morgan fingerprint density at radius 3 is 2.91 bits per heavy atom. The number of nitrogens with one attached hydrogen (secondary N) is 1. The van der Waals surface area contributed by atoms with E-state index in [1.807, 2.05) is 30.3 Å². The summed E-state index contributed by atoms with van der Waals surface area (Å²) in [5.41, 5.74) is 1.08. The Bertz CT molecular complexity index is 676. The summed E-state index contributed by atoms with van der Waals surface area (Å²) >= 11 is 0. The predicted molar refractivity (Wildman–Crippen MR) is 80.4 cm³/mol. The molecule has 1 aliphatic rings. The molecule has 0 unspecified atom stereocenters. The first-order valence-corrected chi connectivity index (χ1v) is 7.23.